The number of hydrogen-bond donors (Lipinski definition) is 6. The van der Waals surface area contributed by atoms with Crippen LogP contribution in [0.2, 0.25) is 0 Å². The fraction of sp³-hybridized carbons (Fsp3) is 0. The van der Waals surface area contributed by atoms with Crippen molar-refractivity contribution in [1.82, 2.24) is 0 Å². The van der Waals surface area contributed by atoms with E-state index in [1.54, 1.807) is 0 Å². The quantitative estimate of drug-likeness (QED) is 0.107. The first kappa shape index (κ1) is 37.3. The molecule has 0 aromatic rings. The van der Waals surface area contributed by atoms with Crippen LogP contribution in [-0.4, -0.2) is 55.6 Å². The first-order chi connectivity index (χ1) is 11.1. The predicted octanol–water partition coefficient (Wildman–Crippen LogP) is -5.99. The van der Waals surface area contributed by atoms with Gasteiger partial charge in [-0.25, -0.2) is 0 Å². The van der Waals surface area contributed by atoms with Gasteiger partial charge in [0, 0.05) is 0 Å². The zero-order valence-electron chi connectivity index (χ0n) is 11.8. The van der Waals surface area contributed by atoms with E-state index in [9.17, 15) is 45.4 Å². The van der Waals surface area contributed by atoms with Crippen molar-refractivity contribution in [2.24, 2.45) is 0 Å². The first-order valence-corrected chi connectivity index (χ1v) is 23.3. The summed E-state index contributed by atoms with van der Waals surface area (Å²) in [4.78, 5) is 46.2. The fourth-order valence-electron chi connectivity index (χ4n) is 0.357. The van der Waals surface area contributed by atoms with E-state index in [0.29, 0.717) is 0 Å². The Hall–Kier alpha value is 1.96. The second-order valence-corrected chi connectivity index (χ2v) is 19.9. The molecule has 0 saturated heterocycles. The molecule has 0 aliphatic rings. The van der Waals surface area contributed by atoms with Gasteiger partial charge in [-0.1, -0.05) is 0 Å². The molecule has 170 valence electrons. The molecule has 0 atom stereocenters. The van der Waals surface area contributed by atoms with Crippen LogP contribution >= 0.6 is 23.5 Å². The Morgan fingerprint density at radius 1 is 0.500 bits per heavy atom. The molecule has 28 heavy (non-hydrogen) atoms. The summed E-state index contributed by atoms with van der Waals surface area (Å²) in [5.74, 6) is 0. The first-order valence-electron chi connectivity index (χ1n) is 4.30. The van der Waals surface area contributed by atoms with Crippen LogP contribution in [0, 0.1) is 0 Å². The van der Waals surface area contributed by atoms with E-state index in [1.807, 2.05) is 0 Å². The van der Waals surface area contributed by atoms with Gasteiger partial charge >= 0.3 is 184 Å². The summed E-state index contributed by atoms with van der Waals surface area (Å²) < 4.78 is 123. The molecule has 0 unspecified atom stereocenters. The molecule has 28 heteroatoms. The number of hydrogen-bond acceptors (Lipinski definition) is 15. The van der Waals surface area contributed by atoms with Gasteiger partial charge in [-0.15, -0.1) is 0 Å². The molecule has 0 aromatic heterocycles. The van der Waals surface area contributed by atoms with Crippen molar-refractivity contribution >= 4 is 49.7 Å². The molecule has 21 nitrogen and oxygen atoms in total. The van der Waals surface area contributed by atoms with Crippen LogP contribution < -0.4 is 11.3 Å². The second kappa shape index (κ2) is 13.5. The van der Waals surface area contributed by atoms with E-state index in [-0.39, 0.29) is 26.2 Å². The maximum Gasteiger partial charge on any atom is 3.00 e. The van der Waals surface area contributed by atoms with Crippen LogP contribution in [0.3, 0.4) is 0 Å². The van der Waals surface area contributed by atoms with Gasteiger partial charge in [0.1, 0.15) is 0 Å². The molecule has 0 aliphatic carbocycles. The molecule has 0 bridgehead atoms. The molecule has 0 rings (SSSR count). The van der Waals surface area contributed by atoms with Gasteiger partial charge in [-0.2, -0.15) is 0 Å². The maximum atomic E-state index is 9.57. The standard InChI is InChI=1S/Bi.3H3O4P.9O.3W/c;3*1-5(2,3)4;;;;;;;;;;;;/h;3*(H3,1,2,3,4);;;;;;;;;;;;/q+3;;;;;;;;;;3*-1;3*+1/p-3. The summed E-state index contributed by atoms with van der Waals surface area (Å²) in [6, 6.07) is 0. The Balaban J connectivity index is -0.000000152. The molecule has 6 N–H and O–H groups in total. The van der Waals surface area contributed by atoms with E-state index >= 15 is 0 Å². The van der Waals surface area contributed by atoms with Crippen molar-refractivity contribution < 1.29 is 134 Å². The fourth-order valence-corrected chi connectivity index (χ4v) is 8.76. The third-order valence-electron chi connectivity index (χ3n) is 0.565. The van der Waals surface area contributed by atoms with Gasteiger partial charge < -0.3 is 0 Å². The zero-order chi connectivity index (χ0) is 23.1. The van der Waals surface area contributed by atoms with Crippen molar-refractivity contribution in [3.8, 4) is 0 Å². The Kier molecular flexibility index (Phi) is 18.0. The largest absolute Gasteiger partial charge is 3.00 e. The molecule has 0 amide bonds. The molecule has 2 radical (unpaired) electrons. The Morgan fingerprint density at radius 3 is 0.607 bits per heavy atom. The van der Waals surface area contributed by atoms with Crippen molar-refractivity contribution in [2.45, 2.75) is 0 Å². The Bertz CT molecular complexity index is 776. The smallest absolute Gasteiger partial charge is 3.00 e. The van der Waals surface area contributed by atoms with Crippen LogP contribution in [-0.2, 0) is 93.9 Å². The van der Waals surface area contributed by atoms with Crippen molar-refractivity contribution in [3.05, 3.63) is 0 Å². The summed E-state index contributed by atoms with van der Waals surface area (Å²) in [5.41, 5.74) is 0. The Morgan fingerprint density at radius 2 is 0.607 bits per heavy atom. The summed E-state index contributed by atoms with van der Waals surface area (Å²) in [7, 11) is -15.4. The van der Waals surface area contributed by atoms with E-state index in [0.717, 1.165) is 0 Å². The molecule has 0 aromatic carbocycles. The number of rotatable bonds is 6. The van der Waals surface area contributed by atoms with Gasteiger partial charge in [0.2, 0.25) is 0 Å². The van der Waals surface area contributed by atoms with Crippen molar-refractivity contribution in [3.63, 3.8) is 0 Å². The molecule has 0 fully saturated rings. The van der Waals surface area contributed by atoms with Gasteiger partial charge in [-0.05, 0) is 0 Å². The van der Waals surface area contributed by atoms with Gasteiger partial charge in [0.05, 0.1) is 0 Å². The summed E-state index contributed by atoms with van der Waals surface area (Å²) in [5, 5.41) is 0. The molecule has 0 aliphatic heterocycles. The van der Waals surface area contributed by atoms with E-state index in [2.05, 4.69) is 9.53 Å². The Labute approximate surface area is 182 Å². The SMILES string of the molecule is O=P(O)(O)[O][W](=[O])(=[O])[O-].O=P(O)(O)[O][W](=[O])(=[O])[O-].O=P(O)(O)[O][W](=[O])(=[O])[O-].[Bi+3]. The van der Waals surface area contributed by atoms with E-state index in [4.69, 9.17) is 29.4 Å². The topological polar surface area (TPSA) is 372 Å². The molecule has 0 heterocycles. The van der Waals surface area contributed by atoms with Crippen LogP contribution in [0.25, 0.3) is 0 Å². The van der Waals surface area contributed by atoms with Crippen LogP contribution in [0.5, 0.6) is 0 Å². The van der Waals surface area contributed by atoms with Gasteiger partial charge in [-0.3, -0.25) is 0 Å². The van der Waals surface area contributed by atoms with Crippen LogP contribution in [0.15, 0.2) is 0 Å². The summed E-state index contributed by atoms with van der Waals surface area (Å²) >= 11 is -19.3. The second-order valence-electron chi connectivity index (χ2n) is 2.92. The van der Waals surface area contributed by atoms with Crippen molar-refractivity contribution in [1.29, 1.82) is 0 Å². The monoisotopic (exact) mass is 1200 g/mol. The van der Waals surface area contributed by atoms with Crippen LogP contribution in [0.1, 0.15) is 0 Å². The van der Waals surface area contributed by atoms with Gasteiger partial charge in [0.15, 0.2) is 0 Å². The average molecular weight is 1200 g/mol. The molecular weight excluding hydrogens is 1190 g/mol. The third-order valence-corrected chi connectivity index (χ3v) is 13.9. The molecule has 0 spiro atoms. The average Bonchev–Trinajstić information content (AvgIpc) is 1.96. The summed E-state index contributed by atoms with van der Waals surface area (Å²) in [6.07, 6.45) is 0. The predicted molar refractivity (Wildman–Crippen MR) is 49.3 cm³/mol. The minimum absolute atomic E-state index is 0. The van der Waals surface area contributed by atoms with Crippen LogP contribution in [0.4, 0.5) is 0 Å². The normalized spacial score (nSPS) is 13.2. The minimum atomic E-state index is -6.44. The summed E-state index contributed by atoms with van der Waals surface area (Å²) in [6.45, 7) is 0. The van der Waals surface area contributed by atoms with E-state index in [1.165, 1.54) is 0 Å². The van der Waals surface area contributed by atoms with E-state index < -0.39 is 73.7 Å². The van der Waals surface area contributed by atoms with Crippen molar-refractivity contribution in [2.75, 3.05) is 0 Å². The zero-order valence-corrected chi connectivity index (χ0v) is 26.8. The maximum absolute atomic E-state index is 9.57. The van der Waals surface area contributed by atoms with Gasteiger partial charge in [0.25, 0.3) is 0 Å². The third kappa shape index (κ3) is 51.0. The molecular formula is H6BiO21P3W3. The molecule has 0 saturated carbocycles. The number of phosphoric acid groups is 3. The minimum Gasteiger partial charge on any atom is 3.00 e.